The first-order valence-corrected chi connectivity index (χ1v) is 8.67. The van der Waals surface area contributed by atoms with E-state index in [2.05, 4.69) is 22.1 Å². The number of nitrogens with zero attached hydrogens (tertiary/aromatic N) is 2. The molecule has 0 bridgehead atoms. The maximum atomic E-state index is 5.99. The van der Waals surface area contributed by atoms with Crippen molar-refractivity contribution >= 4 is 11.6 Å². The van der Waals surface area contributed by atoms with Crippen LogP contribution in [0.1, 0.15) is 26.2 Å². The number of nitrogens with two attached hydrogens (primary N) is 1. The van der Waals surface area contributed by atoms with E-state index < -0.39 is 0 Å². The van der Waals surface area contributed by atoms with Gasteiger partial charge in [-0.05, 0) is 56.9 Å². The Labute approximate surface area is 145 Å². The Bertz CT molecular complexity index is 540. The second kappa shape index (κ2) is 9.37. The van der Waals surface area contributed by atoms with E-state index in [1.165, 1.54) is 25.9 Å². The van der Waals surface area contributed by atoms with Gasteiger partial charge in [0.05, 0.1) is 14.2 Å². The molecule has 1 aliphatic rings. The normalized spacial score (nSPS) is 16.9. The molecule has 1 fully saturated rings. The summed E-state index contributed by atoms with van der Waals surface area (Å²) in [7, 11) is 3.23. The zero-order chi connectivity index (χ0) is 17.4. The van der Waals surface area contributed by atoms with Crippen molar-refractivity contribution < 1.29 is 9.47 Å². The van der Waals surface area contributed by atoms with Gasteiger partial charge in [-0.1, -0.05) is 6.92 Å². The van der Waals surface area contributed by atoms with Crippen LogP contribution in [0.5, 0.6) is 11.5 Å². The minimum atomic E-state index is 0.438. The van der Waals surface area contributed by atoms with Crippen molar-refractivity contribution in [3.05, 3.63) is 18.2 Å². The van der Waals surface area contributed by atoms with Crippen LogP contribution in [0.2, 0.25) is 0 Å². The van der Waals surface area contributed by atoms with Gasteiger partial charge in [0.25, 0.3) is 0 Å². The van der Waals surface area contributed by atoms with E-state index in [0.717, 1.165) is 31.1 Å². The summed E-state index contributed by atoms with van der Waals surface area (Å²) in [6, 6.07) is 5.59. The van der Waals surface area contributed by atoms with Crippen molar-refractivity contribution in [2.75, 3.05) is 45.7 Å². The molecule has 2 rings (SSSR count). The van der Waals surface area contributed by atoms with Crippen molar-refractivity contribution in [2.24, 2.45) is 16.6 Å². The smallest absolute Gasteiger partial charge is 0.193 e. The molecular formula is C18H30N4O2. The van der Waals surface area contributed by atoms with Gasteiger partial charge in [-0.25, -0.2) is 0 Å². The fraction of sp³-hybridized carbons (Fsp3) is 0.611. The van der Waals surface area contributed by atoms with E-state index in [1.54, 1.807) is 14.2 Å². The molecule has 24 heavy (non-hydrogen) atoms. The van der Waals surface area contributed by atoms with Gasteiger partial charge in [-0.2, -0.15) is 0 Å². The van der Waals surface area contributed by atoms with E-state index in [0.29, 0.717) is 17.5 Å². The van der Waals surface area contributed by atoms with E-state index in [-0.39, 0.29) is 0 Å². The van der Waals surface area contributed by atoms with E-state index in [4.69, 9.17) is 15.2 Å². The van der Waals surface area contributed by atoms with Crippen LogP contribution >= 0.6 is 0 Å². The number of hydrogen-bond donors (Lipinski definition) is 2. The summed E-state index contributed by atoms with van der Waals surface area (Å²) in [5.74, 6) is 2.56. The highest BCUT2D eigenvalue weighted by atomic mass is 16.5. The molecule has 0 unspecified atom stereocenters. The Morgan fingerprint density at radius 1 is 1.25 bits per heavy atom. The van der Waals surface area contributed by atoms with Crippen molar-refractivity contribution in [1.29, 1.82) is 0 Å². The zero-order valence-electron chi connectivity index (χ0n) is 15.0. The molecule has 1 aromatic rings. The van der Waals surface area contributed by atoms with Crippen LogP contribution in [0.4, 0.5) is 5.69 Å². The fourth-order valence-corrected chi connectivity index (χ4v) is 3.06. The zero-order valence-corrected chi connectivity index (χ0v) is 15.0. The first-order valence-electron chi connectivity index (χ1n) is 8.67. The average Bonchev–Trinajstić information content (AvgIpc) is 2.62. The minimum Gasteiger partial charge on any atom is -0.493 e. The van der Waals surface area contributed by atoms with E-state index in [9.17, 15) is 0 Å². The molecule has 1 saturated heterocycles. The van der Waals surface area contributed by atoms with Gasteiger partial charge in [0.15, 0.2) is 17.5 Å². The molecule has 1 aliphatic heterocycles. The highest BCUT2D eigenvalue weighted by Crippen LogP contribution is 2.29. The van der Waals surface area contributed by atoms with Gasteiger partial charge < -0.3 is 25.4 Å². The van der Waals surface area contributed by atoms with Crippen LogP contribution in [0.25, 0.3) is 0 Å². The van der Waals surface area contributed by atoms with Crippen LogP contribution in [0, 0.1) is 5.92 Å². The number of aliphatic imine (C=N–C) groups is 1. The first kappa shape index (κ1) is 18.4. The predicted molar refractivity (Wildman–Crippen MR) is 99.1 cm³/mol. The molecule has 6 heteroatoms. The van der Waals surface area contributed by atoms with Gasteiger partial charge in [0.2, 0.25) is 0 Å². The lowest BCUT2D eigenvalue weighted by Gasteiger charge is -2.30. The summed E-state index contributed by atoms with van der Waals surface area (Å²) in [6.07, 6.45) is 3.64. The molecule has 0 amide bonds. The number of ether oxygens (including phenoxy) is 2. The average molecular weight is 334 g/mol. The summed E-state index contributed by atoms with van der Waals surface area (Å²) >= 11 is 0. The molecular weight excluding hydrogens is 304 g/mol. The topological polar surface area (TPSA) is 72.1 Å². The maximum absolute atomic E-state index is 5.99. The first-order chi connectivity index (χ1) is 11.7. The molecule has 0 atom stereocenters. The van der Waals surface area contributed by atoms with Crippen LogP contribution < -0.4 is 20.5 Å². The van der Waals surface area contributed by atoms with Crippen molar-refractivity contribution in [1.82, 2.24) is 4.90 Å². The highest BCUT2D eigenvalue weighted by molar-refractivity contribution is 5.92. The number of benzene rings is 1. The number of methoxy groups -OCH3 is 2. The summed E-state index contributed by atoms with van der Waals surface area (Å²) in [5.41, 5.74) is 6.82. The molecule has 0 saturated carbocycles. The molecule has 0 spiro atoms. The van der Waals surface area contributed by atoms with Gasteiger partial charge in [0, 0.05) is 18.3 Å². The molecule has 3 N–H and O–H groups in total. The van der Waals surface area contributed by atoms with E-state index in [1.807, 2.05) is 18.2 Å². The SMILES string of the molecule is CCN1CCC(CCN=C(N)Nc2ccc(OC)c(OC)c2)CC1. The summed E-state index contributed by atoms with van der Waals surface area (Å²) in [6.45, 7) is 6.58. The number of piperidine rings is 1. The number of anilines is 1. The van der Waals surface area contributed by atoms with Crippen molar-refractivity contribution in [3.8, 4) is 11.5 Å². The quantitative estimate of drug-likeness (QED) is 0.592. The summed E-state index contributed by atoms with van der Waals surface area (Å²) in [4.78, 5) is 6.96. The number of nitrogens with one attached hydrogen (secondary N) is 1. The molecule has 0 radical (unpaired) electrons. The van der Waals surface area contributed by atoms with Gasteiger partial charge in [0.1, 0.15) is 0 Å². The van der Waals surface area contributed by atoms with Crippen LogP contribution in [0.3, 0.4) is 0 Å². The fourth-order valence-electron chi connectivity index (χ4n) is 3.06. The second-order valence-corrected chi connectivity index (χ2v) is 6.13. The lowest BCUT2D eigenvalue weighted by atomic mass is 9.94. The van der Waals surface area contributed by atoms with Crippen LogP contribution in [-0.4, -0.2) is 51.3 Å². The maximum Gasteiger partial charge on any atom is 0.193 e. The Balaban J connectivity index is 1.79. The van der Waals surface area contributed by atoms with Crippen LogP contribution in [-0.2, 0) is 0 Å². The Morgan fingerprint density at radius 3 is 2.58 bits per heavy atom. The molecule has 6 nitrogen and oxygen atoms in total. The Hall–Kier alpha value is -1.95. The van der Waals surface area contributed by atoms with Crippen LogP contribution in [0.15, 0.2) is 23.2 Å². The molecule has 0 aromatic heterocycles. The Kier molecular flexibility index (Phi) is 7.18. The lowest BCUT2D eigenvalue weighted by molar-refractivity contribution is 0.188. The second-order valence-electron chi connectivity index (χ2n) is 6.13. The molecule has 1 heterocycles. The van der Waals surface area contributed by atoms with Crippen molar-refractivity contribution in [2.45, 2.75) is 26.2 Å². The standard InChI is InChI=1S/C18H30N4O2/c1-4-22-11-8-14(9-12-22)7-10-20-18(19)21-15-5-6-16(23-2)17(13-15)24-3/h5-6,13-14H,4,7-12H2,1-3H3,(H3,19,20,21). The largest absolute Gasteiger partial charge is 0.493 e. The van der Waals surface area contributed by atoms with Gasteiger partial charge >= 0.3 is 0 Å². The highest BCUT2D eigenvalue weighted by Gasteiger charge is 2.17. The molecule has 134 valence electrons. The van der Waals surface area contributed by atoms with E-state index >= 15 is 0 Å². The molecule has 0 aliphatic carbocycles. The number of hydrogen-bond acceptors (Lipinski definition) is 4. The molecule has 1 aromatic carbocycles. The predicted octanol–water partition coefficient (Wildman–Crippen LogP) is 2.55. The third-order valence-corrected chi connectivity index (χ3v) is 4.63. The number of likely N-dealkylation sites (tertiary alicyclic amines) is 1. The Morgan fingerprint density at radius 2 is 1.96 bits per heavy atom. The van der Waals surface area contributed by atoms with Crippen molar-refractivity contribution in [3.63, 3.8) is 0 Å². The minimum absolute atomic E-state index is 0.438. The third kappa shape index (κ3) is 5.30. The summed E-state index contributed by atoms with van der Waals surface area (Å²) < 4.78 is 10.5. The summed E-state index contributed by atoms with van der Waals surface area (Å²) in [5, 5.41) is 3.11. The number of guanidine groups is 1. The lowest BCUT2D eigenvalue weighted by Crippen LogP contribution is -2.33. The number of rotatable bonds is 7. The van der Waals surface area contributed by atoms with Gasteiger partial charge in [-0.15, -0.1) is 0 Å². The van der Waals surface area contributed by atoms with Gasteiger partial charge in [-0.3, -0.25) is 4.99 Å². The monoisotopic (exact) mass is 334 g/mol. The third-order valence-electron chi connectivity index (χ3n) is 4.63.